The second kappa shape index (κ2) is 5.47. The maximum atomic E-state index is 11.8. The molecule has 0 aromatic heterocycles. The number of nitrogens with one attached hydrogen (secondary N) is 2. The van der Waals surface area contributed by atoms with E-state index in [9.17, 15) is 13.2 Å². The van der Waals surface area contributed by atoms with Crippen LogP contribution in [0, 0.1) is 0 Å². The fraction of sp³-hybridized carbons (Fsp3) is 0.364. The van der Waals surface area contributed by atoms with Crippen molar-refractivity contribution in [1.82, 2.24) is 10.0 Å². The number of amides is 1. The molecule has 1 aromatic rings. The maximum absolute atomic E-state index is 11.8. The summed E-state index contributed by atoms with van der Waals surface area (Å²) < 4.78 is 30.7. The van der Waals surface area contributed by atoms with Crippen molar-refractivity contribution in [3.63, 3.8) is 0 Å². The molecule has 2 N–H and O–H groups in total. The third-order valence-electron chi connectivity index (χ3n) is 2.48. The van der Waals surface area contributed by atoms with Crippen molar-refractivity contribution in [2.24, 2.45) is 0 Å². The monoisotopic (exact) mass is 270 g/mol. The lowest BCUT2D eigenvalue weighted by Gasteiger charge is -2.26. The first-order chi connectivity index (χ1) is 8.58. The van der Waals surface area contributed by atoms with Crippen LogP contribution in [0.15, 0.2) is 35.2 Å². The third-order valence-corrected chi connectivity index (χ3v) is 3.90. The zero-order valence-electron chi connectivity index (χ0n) is 9.63. The Hall–Kier alpha value is -1.44. The van der Waals surface area contributed by atoms with Crippen LogP contribution in [-0.4, -0.2) is 40.1 Å². The van der Waals surface area contributed by atoms with Gasteiger partial charge in [0.15, 0.2) is 0 Å². The van der Waals surface area contributed by atoms with Crippen molar-refractivity contribution >= 4 is 15.9 Å². The second-order valence-corrected chi connectivity index (χ2v) is 5.71. The average molecular weight is 270 g/mol. The molecule has 1 heterocycles. The van der Waals surface area contributed by atoms with Gasteiger partial charge in [0, 0.05) is 0 Å². The second-order valence-electron chi connectivity index (χ2n) is 3.94. The molecule has 0 unspecified atom stereocenters. The highest BCUT2D eigenvalue weighted by Crippen LogP contribution is 2.06. The van der Waals surface area contributed by atoms with Crippen molar-refractivity contribution in [3.8, 4) is 0 Å². The van der Waals surface area contributed by atoms with Gasteiger partial charge in [0.25, 0.3) is 0 Å². The van der Waals surface area contributed by atoms with Crippen LogP contribution < -0.4 is 10.0 Å². The molecule has 0 aliphatic carbocycles. The summed E-state index contributed by atoms with van der Waals surface area (Å²) in [4.78, 5) is 11.6. The van der Waals surface area contributed by atoms with E-state index in [2.05, 4.69) is 10.0 Å². The molecule has 1 amide bonds. The Labute approximate surface area is 105 Å². The lowest BCUT2D eigenvalue weighted by molar-refractivity contribution is -0.124. The van der Waals surface area contributed by atoms with Gasteiger partial charge in [-0.15, -0.1) is 0 Å². The molecule has 0 spiro atoms. The van der Waals surface area contributed by atoms with Crippen LogP contribution >= 0.6 is 0 Å². The van der Waals surface area contributed by atoms with Gasteiger partial charge in [-0.1, -0.05) is 18.2 Å². The molecule has 1 aromatic carbocycles. The van der Waals surface area contributed by atoms with Crippen molar-refractivity contribution in [3.05, 3.63) is 30.3 Å². The summed E-state index contributed by atoms with van der Waals surface area (Å²) >= 11 is 0. The van der Waals surface area contributed by atoms with Crippen LogP contribution in [0.1, 0.15) is 0 Å². The minimum absolute atomic E-state index is 0.00118. The predicted molar refractivity (Wildman–Crippen MR) is 64.4 cm³/mol. The van der Waals surface area contributed by atoms with E-state index < -0.39 is 10.0 Å². The average Bonchev–Trinajstić information content (AvgIpc) is 2.33. The van der Waals surface area contributed by atoms with Gasteiger partial charge in [0.2, 0.25) is 15.9 Å². The van der Waals surface area contributed by atoms with E-state index in [0.29, 0.717) is 13.2 Å². The number of hydrogen-bond acceptors (Lipinski definition) is 4. The van der Waals surface area contributed by atoms with E-state index in [-0.39, 0.29) is 23.4 Å². The summed E-state index contributed by atoms with van der Waals surface area (Å²) in [5, 5.41) is 2.65. The molecule has 0 atom stereocenters. The highest BCUT2D eigenvalue weighted by atomic mass is 32.2. The molecule has 6 nitrogen and oxygen atoms in total. The SMILES string of the molecule is O=C(CNS(=O)(=O)c1ccccc1)NC1COC1. The summed E-state index contributed by atoms with van der Waals surface area (Å²) in [6.45, 7) is 0.697. The molecule has 7 heteroatoms. The van der Waals surface area contributed by atoms with Crippen molar-refractivity contribution in [2.45, 2.75) is 10.9 Å². The first kappa shape index (κ1) is 13.0. The molecular formula is C11H14N2O4S. The van der Waals surface area contributed by atoms with Crippen molar-refractivity contribution in [1.29, 1.82) is 0 Å². The molecule has 1 aliphatic heterocycles. The topological polar surface area (TPSA) is 84.5 Å². The van der Waals surface area contributed by atoms with Crippen LogP contribution in [0.5, 0.6) is 0 Å². The number of ether oxygens (including phenoxy) is 1. The van der Waals surface area contributed by atoms with Gasteiger partial charge in [-0.25, -0.2) is 13.1 Å². The van der Waals surface area contributed by atoms with Gasteiger partial charge in [-0.05, 0) is 12.1 Å². The number of benzene rings is 1. The third kappa shape index (κ3) is 3.28. The molecule has 2 rings (SSSR count). The smallest absolute Gasteiger partial charge is 0.241 e. The van der Waals surface area contributed by atoms with Crippen molar-refractivity contribution in [2.75, 3.05) is 19.8 Å². The number of rotatable bonds is 5. The highest BCUT2D eigenvalue weighted by Gasteiger charge is 2.21. The van der Waals surface area contributed by atoms with E-state index in [1.54, 1.807) is 18.2 Å². The van der Waals surface area contributed by atoms with E-state index in [0.717, 1.165) is 0 Å². The first-order valence-corrected chi connectivity index (χ1v) is 6.98. The minimum Gasteiger partial charge on any atom is -0.377 e. The largest absolute Gasteiger partial charge is 0.377 e. The predicted octanol–water partition coefficient (Wildman–Crippen LogP) is -0.520. The standard InChI is InChI=1S/C11H14N2O4S/c14-11(13-9-7-17-8-9)6-12-18(15,16)10-4-2-1-3-5-10/h1-5,9,12H,6-8H2,(H,13,14). The molecule has 98 valence electrons. The number of sulfonamides is 1. The Bertz CT molecular complexity index is 511. The van der Waals surface area contributed by atoms with Gasteiger partial charge in [-0.2, -0.15) is 0 Å². The Morgan fingerprint density at radius 3 is 2.50 bits per heavy atom. The number of carbonyl (C=O) groups is 1. The summed E-state index contributed by atoms with van der Waals surface area (Å²) in [6.07, 6.45) is 0. The fourth-order valence-corrected chi connectivity index (χ4v) is 2.44. The Morgan fingerprint density at radius 2 is 1.94 bits per heavy atom. The lowest BCUT2D eigenvalue weighted by atomic mass is 10.2. The summed E-state index contributed by atoms with van der Waals surface area (Å²) in [5.74, 6) is -0.359. The number of carbonyl (C=O) groups excluding carboxylic acids is 1. The zero-order valence-corrected chi connectivity index (χ0v) is 10.4. The van der Waals surface area contributed by atoms with Crippen LogP contribution in [0.3, 0.4) is 0 Å². The Morgan fingerprint density at radius 1 is 1.28 bits per heavy atom. The van der Waals surface area contributed by atoms with Crippen LogP contribution in [0.25, 0.3) is 0 Å². The Kier molecular flexibility index (Phi) is 3.95. The van der Waals surface area contributed by atoms with E-state index in [4.69, 9.17) is 4.74 Å². The molecule has 1 saturated heterocycles. The van der Waals surface area contributed by atoms with Gasteiger partial charge < -0.3 is 10.1 Å². The first-order valence-electron chi connectivity index (χ1n) is 5.50. The minimum atomic E-state index is -3.62. The molecule has 0 saturated carbocycles. The van der Waals surface area contributed by atoms with Gasteiger partial charge in [-0.3, -0.25) is 4.79 Å². The fourth-order valence-electron chi connectivity index (χ4n) is 1.44. The number of hydrogen-bond donors (Lipinski definition) is 2. The van der Waals surface area contributed by atoms with E-state index in [1.165, 1.54) is 12.1 Å². The molecular weight excluding hydrogens is 256 g/mol. The van der Waals surface area contributed by atoms with Gasteiger partial charge in [0.1, 0.15) is 0 Å². The molecule has 1 aliphatic rings. The van der Waals surface area contributed by atoms with Crippen LogP contribution in [-0.2, 0) is 19.6 Å². The zero-order chi connectivity index (χ0) is 13.0. The summed E-state index contributed by atoms with van der Waals surface area (Å²) in [7, 11) is -3.62. The highest BCUT2D eigenvalue weighted by molar-refractivity contribution is 7.89. The Balaban J connectivity index is 1.87. The lowest BCUT2D eigenvalue weighted by Crippen LogP contribution is -2.51. The maximum Gasteiger partial charge on any atom is 0.241 e. The molecule has 0 bridgehead atoms. The van der Waals surface area contributed by atoms with E-state index in [1.807, 2.05) is 0 Å². The van der Waals surface area contributed by atoms with Gasteiger partial charge in [0.05, 0.1) is 30.7 Å². The normalized spacial score (nSPS) is 16.0. The summed E-state index contributed by atoms with van der Waals surface area (Å²) in [5.41, 5.74) is 0. The quantitative estimate of drug-likeness (QED) is 0.754. The molecule has 0 radical (unpaired) electrons. The van der Waals surface area contributed by atoms with Crippen LogP contribution in [0.4, 0.5) is 0 Å². The molecule has 1 fully saturated rings. The van der Waals surface area contributed by atoms with Crippen molar-refractivity contribution < 1.29 is 17.9 Å². The molecule has 18 heavy (non-hydrogen) atoms. The van der Waals surface area contributed by atoms with E-state index >= 15 is 0 Å². The van der Waals surface area contributed by atoms with Gasteiger partial charge >= 0.3 is 0 Å². The summed E-state index contributed by atoms with van der Waals surface area (Å²) in [6, 6.07) is 7.92. The van der Waals surface area contributed by atoms with Crippen LogP contribution in [0.2, 0.25) is 0 Å².